The van der Waals surface area contributed by atoms with Crippen molar-refractivity contribution >= 4 is 5.78 Å². The van der Waals surface area contributed by atoms with Crippen LogP contribution < -0.4 is 0 Å². The monoisotopic (exact) mass is 272 g/mol. The minimum absolute atomic E-state index is 0.158. The molecule has 0 unspecified atom stereocenters. The molecule has 2 aromatic carbocycles. The molecule has 0 aromatic heterocycles. The predicted molar refractivity (Wildman–Crippen MR) is 75.9 cm³/mol. The lowest BCUT2D eigenvalue weighted by atomic mass is 10.00. The summed E-state index contributed by atoms with van der Waals surface area (Å²) in [6.07, 6.45) is -0.00770. The van der Waals surface area contributed by atoms with Gasteiger partial charge in [0.15, 0.2) is 5.78 Å². The summed E-state index contributed by atoms with van der Waals surface area (Å²) in [5.74, 6) is -0.565. The lowest BCUT2D eigenvalue weighted by Gasteiger charge is -2.10. The second-order valence-electron chi connectivity index (χ2n) is 4.80. The van der Waals surface area contributed by atoms with Crippen LogP contribution in [-0.4, -0.2) is 17.0 Å². The number of hydrogen-bond donors (Lipinski definition) is 1. The Bertz CT molecular complexity index is 566. The van der Waals surface area contributed by atoms with Gasteiger partial charge in [-0.05, 0) is 29.7 Å². The van der Waals surface area contributed by atoms with E-state index in [1.807, 2.05) is 30.3 Å². The molecule has 0 saturated heterocycles. The van der Waals surface area contributed by atoms with E-state index in [-0.39, 0.29) is 18.0 Å². The van der Waals surface area contributed by atoms with Gasteiger partial charge in [0, 0.05) is 12.8 Å². The largest absolute Gasteiger partial charge is 0.385 e. The number of Topliss-reactive ketones (excluding diaryl/α,β-unsaturated/α-hetero) is 1. The van der Waals surface area contributed by atoms with E-state index in [4.69, 9.17) is 0 Å². The van der Waals surface area contributed by atoms with Crippen molar-refractivity contribution in [1.29, 1.82) is 0 Å². The molecule has 0 fully saturated rings. The molecular formula is C17H17FO2. The van der Waals surface area contributed by atoms with Crippen molar-refractivity contribution in [3.8, 4) is 0 Å². The first kappa shape index (κ1) is 14.4. The lowest BCUT2D eigenvalue weighted by Crippen LogP contribution is -2.23. The summed E-state index contributed by atoms with van der Waals surface area (Å²) in [6, 6.07) is 15.6. The first-order valence-electron chi connectivity index (χ1n) is 6.64. The number of aryl methyl sites for hydroxylation is 1. The third-order valence-electron chi connectivity index (χ3n) is 3.19. The van der Waals surface area contributed by atoms with Crippen LogP contribution >= 0.6 is 0 Å². The molecule has 0 heterocycles. The summed E-state index contributed by atoms with van der Waals surface area (Å²) < 4.78 is 13.0. The zero-order chi connectivity index (χ0) is 14.4. The normalized spacial score (nSPS) is 12.1. The van der Waals surface area contributed by atoms with E-state index in [0.29, 0.717) is 18.4 Å². The van der Waals surface area contributed by atoms with Crippen LogP contribution in [0.1, 0.15) is 17.5 Å². The fraction of sp³-hybridized carbons (Fsp3) is 0.235. The van der Waals surface area contributed by atoms with E-state index in [1.165, 1.54) is 12.1 Å². The second kappa shape index (κ2) is 6.96. The third-order valence-corrected chi connectivity index (χ3v) is 3.19. The molecule has 1 N–H and O–H groups in total. The molecule has 20 heavy (non-hydrogen) atoms. The molecule has 0 aliphatic rings. The smallest absolute Gasteiger partial charge is 0.161 e. The summed E-state index contributed by atoms with van der Waals surface area (Å²) in [4.78, 5) is 11.9. The Balaban J connectivity index is 1.86. The first-order chi connectivity index (χ1) is 9.65. The molecule has 0 amide bonds. The number of halogens is 1. The molecule has 1 atom stereocenters. The topological polar surface area (TPSA) is 37.3 Å². The summed E-state index contributed by atoms with van der Waals surface area (Å²) in [6.45, 7) is 0. The molecule has 0 radical (unpaired) electrons. The predicted octanol–water partition coefficient (Wildman–Crippen LogP) is 2.93. The van der Waals surface area contributed by atoms with Gasteiger partial charge >= 0.3 is 0 Å². The van der Waals surface area contributed by atoms with Gasteiger partial charge in [0.05, 0.1) is 0 Å². The van der Waals surface area contributed by atoms with Gasteiger partial charge in [-0.1, -0.05) is 42.5 Å². The number of benzene rings is 2. The van der Waals surface area contributed by atoms with Gasteiger partial charge in [0.25, 0.3) is 0 Å². The van der Waals surface area contributed by atoms with Crippen LogP contribution in [0.25, 0.3) is 0 Å². The highest BCUT2D eigenvalue weighted by atomic mass is 19.1. The van der Waals surface area contributed by atoms with Crippen LogP contribution in [0.5, 0.6) is 0 Å². The van der Waals surface area contributed by atoms with Gasteiger partial charge in [-0.3, -0.25) is 4.79 Å². The van der Waals surface area contributed by atoms with Crippen LogP contribution in [0.4, 0.5) is 4.39 Å². The van der Waals surface area contributed by atoms with Crippen molar-refractivity contribution in [2.75, 3.05) is 0 Å². The van der Waals surface area contributed by atoms with Crippen molar-refractivity contribution < 1.29 is 14.3 Å². The number of hydrogen-bond acceptors (Lipinski definition) is 2. The van der Waals surface area contributed by atoms with Crippen LogP contribution in [0.2, 0.25) is 0 Å². The highest BCUT2D eigenvalue weighted by Crippen LogP contribution is 2.10. The van der Waals surface area contributed by atoms with E-state index in [1.54, 1.807) is 12.1 Å². The Hall–Kier alpha value is -2.00. The van der Waals surface area contributed by atoms with Crippen molar-refractivity contribution in [2.24, 2.45) is 0 Å². The Morgan fingerprint density at radius 3 is 2.45 bits per heavy atom. The van der Waals surface area contributed by atoms with Crippen molar-refractivity contribution in [3.05, 3.63) is 71.5 Å². The van der Waals surface area contributed by atoms with Crippen molar-refractivity contribution in [1.82, 2.24) is 0 Å². The number of aliphatic hydroxyl groups is 1. The van der Waals surface area contributed by atoms with E-state index in [9.17, 15) is 14.3 Å². The molecule has 0 aliphatic heterocycles. The maximum absolute atomic E-state index is 13.0. The van der Waals surface area contributed by atoms with Crippen LogP contribution in [0, 0.1) is 5.82 Å². The van der Waals surface area contributed by atoms with E-state index in [0.717, 1.165) is 5.56 Å². The summed E-state index contributed by atoms with van der Waals surface area (Å²) >= 11 is 0. The van der Waals surface area contributed by atoms with Crippen LogP contribution in [0.3, 0.4) is 0 Å². The highest BCUT2D eigenvalue weighted by molar-refractivity contribution is 5.83. The average molecular weight is 272 g/mol. The quantitative estimate of drug-likeness (QED) is 0.878. The SMILES string of the molecule is O=C(CCc1ccccc1)[C@@H](O)Cc1cccc(F)c1. The first-order valence-corrected chi connectivity index (χ1v) is 6.64. The minimum Gasteiger partial charge on any atom is -0.385 e. The minimum atomic E-state index is -1.07. The van der Waals surface area contributed by atoms with E-state index in [2.05, 4.69) is 0 Å². The number of aliphatic hydroxyl groups excluding tert-OH is 1. The van der Waals surface area contributed by atoms with Gasteiger partial charge in [-0.25, -0.2) is 4.39 Å². The van der Waals surface area contributed by atoms with Gasteiger partial charge in [0.1, 0.15) is 11.9 Å². The van der Waals surface area contributed by atoms with Crippen molar-refractivity contribution in [2.45, 2.75) is 25.4 Å². The molecule has 2 nitrogen and oxygen atoms in total. The molecule has 0 bridgehead atoms. The fourth-order valence-corrected chi connectivity index (χ4v) is 2.08. The molecule has 104 valence electrons. The van der Waals surface area contributed by atoms with Crippen molar-refractivity contribution in [3.63, 3.8) is 0 Å². The Morgan fingerprint density at radius 2 is 1.75 bits per heavy atom. The summed E-state index contributed by atoms with van der Waals surface area (Å²) in [5, 5.41) is 9.87. The molecular weight excluding hydrogens is 255 g/mol. The molecule has 0 spiro atoms. The second-order valence-corrected chi connectivity index (χ2v) is 4.80. The van der Waals surface area contributed by atoms with Gasteiger partial charge in [-0.15, -0.1) is 0 Å². The maximum atomic E-state index is 13.0. The molecule has 2 aromatic rings. The zero-order valence-electron chi connectivity index (χ0n) is 11.1. The summed E-state index contributed by atoms with van der Waals surface area (Å²) in [5.41, 5.74) is 1.70. The zero-order valence-corrected chi connectivity index (χ0v) is 11.1. The Morgan fingerprint density at radius 1 is 1.05 bits per heavy atom. The molecule has 2 rings (SSSR count). The standard InChI is InChI=1S/C17H17FO2/c18-15-8-4-7-14(11-15)12-17(20)16(19)10-9-13-5-2-1-3-6-13/h1-8,11,17,20H,9-10,12H2/t17-/m0/s1. The third kappa shape index (κ3) is 4.28. The number of carbonyl (C=O) groups is 1. The number of ketones is 1. The van der Waals surface area contributed by atoms with Gasteiger partial charge < -0.3 is 5.11 Å². The highest BCUT2D eigenvalue weighted by Gasteiger charge is 2.15. The van der Waals surface area contributed by atoms with Gasteiger partial charge in [-0.2, -0.15) is 0 Å². The average Bonchev–Trinajstić information content (AvgIpc) is 2.46. The van der Waals surface area contributed by atoms with E-state index >= 15 is 0 Å². The van der Waals surface area contributed by atoms with Gasteiger partial charge in [0.2, 0.25) is 0 Å². The molecule has 0 aliphatic carbocycles. The number of carbonyl (C=O) groups excluding carboxylic acids is 1. The summed E-state index contributed by atoms with van der Waals surface area (Å²) in [7, 11) is 0. The molecule has 0 saturated carbocycles. The lowest BCUT2D eigenvalue weighted by molar-refractivity contribution is -0.127. The van der Waals surface area contributed by atoms with E-state index < -0.39 is 6.10 Å². The van der Waals surface area contributed by atoms with Crippen LogP contribution in [-0.2, 0) is 17.6 Å². The maximum Gasteiger partial charge on any atom is 0.161 e. The molecule has 3 heteroatoms. The Kier molecular flexibility index (Phi) is 5.02. The Labute approximate surface area is 117 Å². The fourth-order valence-electron chi connectivity index (χ4n) is 2.08. The number of rotatable bonds is 6. The van der Waals surface area contributed by atoms with Crippen LogP contribution in [0.15, 0.2) is 54.6 Å².